The van der Waals surface area contributed by atoms with Crippen LogP contribution in [-0.4, -0.2) is 16.8 Å². The van der Waals surface area contributed by atoms with E-state index in [4.69, 9.17) is 5.11 Å². The number of carboxylic acids is 1. The second-order valence-electron chi connectivity index (χ2n) is 6.50. The molecule has 2 nitrogen and oxygen atoms in total. The van der Waals surface area contributed by atoms with Crippen LogP contribution in [0.2, 0.25) is 0 Å². The van der Waals surface area contributed by atoms with Gasteiger partial charge in [-0.2, -0.15) is 0 Å². The van der Waals surface area contributed by atoms with Crippen molar-refractivity contribution < 1.29 is 9.90 Å². The minimum atomic E-state index is -0.894. The van der Waals surface area contributed by atoms with Gasteiger partial charge < -0.3 is 5.11 Å². The van der Waals surface area contributed by atoms with E-state index in [1.165, 1.54) is 28.2 Å². The highest BCUT2D eigenvalue weighted by atomic mass is 32.2. The quantitative estimate of drug-likeness (QED) is 0.776. The van der Waals surface area contributed by atoms with Gasteiger partial charge in [-0.15, -0.1) is 11.8 Å². The molecule has 0 amide bonds. The second-order valence-corrected chi connectivity index (χ2v) is 7.64. The molecular weight excluding hydrogens is 304 g/mol. The lowest BCUT2D eigenvalue weighted by Crippen LogP contribution is -2.22. The first-order valence-electron chi connectivity index (χ1n) is 7.74. The minimum Gasteiger partial charge on any atom is -0.478 e. The maximum atomic E-state index is 10.9. The zero-order valence-electron chi connectivity index (χ0n) is 13.4. The summed E-state index contributed by atoms with van der Waals surface area (Å²) in [6.07, 6.45) is 5.32. The molecule has 0 fully saturated rings. The molecule has 0 bridgehead atoms. The molecule has 3 heteroatoms. The molecule has 1 aliphatic heterocycles. The van der Waals surface area contributed by atoms with Gasteiger partial charge in [-0.1, -0.05) is 50.3 Å². The molecular formula is C20H20O2S. The van der Waals surface area contributed by atoms with Crippen molar-refractivity contribution in [1.29, 1.82) is 0 Å². The van der Waals surface area contributed by atoms with E-state index in [2.05, 4.69) is 38.1 Å². The van der Waals surface area contributed by atoms with Gasteiger partial charge >= 0.3 is 5.97 Å². The van der Waals surface area contributed by atoms with E-state index in [1.807, 2.05) is 30.0 Å². The molecule has 2 aromatic rings. The van der Waals surface area contributed by atoms with Crippen LogP contribution in [0.5, 0.6) is 0 Å². The van der Waals surface area contributed by atoms with Gasteiger partial charge in [0.25, 0.3) is 0 Å². The molecule has 118 valence electrons. The van der Waals surface area contributed by atoms with Crippen LogP contribution in [0.25, 0.3) is 12.2 Å². The first-order valence-corrected chi connectivity index (χ1v) is 8.73. The van der Waals surface area contributed by atoms with E-state index in [-0.39, 0.29) is 5.41 Å². The zero-order valence-corrected chi connectivity index (χ0v) is 14.2. The van der Waals surface area contributed by atoms with Gasteiger partial charge in [-0.25, -0.2) is 4.79 Å². The average molecular weight is 324 g/mol. The van der Waals surface area contributed by atoms with E-state index >= 15 is 0 Å². The molecule has 1 aliphatic rings. The van der Waals surface area contributed by atoms with Crippen LogP contribution in [-0.2, 0) is 5.41 Å². The summed E-state index contributed by atoms with van der Waals surface area (Å²) in [6.45, 7) is 4.62. The fraction of sp³-hybridized carbons (Fsp3) is 0.250. The summed E-state index contributed by atoms with van der Waals surface area (Å²) < 4.78 is 0. The van der Waals surface area contributed by atoms with Gasteiger partial charge in [0, 0.05) is 4.90 Å². The lowest BCUT2D eigenvalue weighted by Gasteiger charge is -2.32. The van der Waals surface area contributed by atoms with E-state index in [1.54, 1.807) is 12.1 Å². The minimum absolute atomic E-state index is 0.230. The fourth-order valence-electron chi connectivity index (χ4n) is 2.79. The Hall–Kier alpha value is -2.00. The van der Waals surface area contributed by atoms with Gasteiger partial charge in [-0.05, 0) is 52.5 Å². The monoisotopic (exact) mass is 324 g/mol. The van der Waals surface area contributed by atoms with Crippen LogP contribution >= 0.6 is 11.8 Å². The average Bonchev–Trinajstić information content (AvgIpc) is 2.53. The molecule has 23 heavy (non-hydrogen) atoms. The van der Waals surface area contributed by atoms with E-state index in [9.17, 15) is 4.79 Å². The number of carbonyl (C=O) groups is 1. The maximum absolute atomic E-state index is 10.9. The highest BCUT2D eigenvalue weighted by Gasteiger charge is 2.27. The lowest BCUT2D eigenvalue weighted by atomic mass is 9.81. The van der Waals surface area contributed by atoms with Crippen molar-refractivity contribution in [2.24, 2.45) is 0 Å². The number of hydrogen-bond acceptors (Lipinski definition) is 2. The Balaban J connectivity index is 1.84. The van der Waals surface area contributed by atoms with Gasteiger partial charge in [0.15, 0.2) is 0 Å². The number of benzene rings is 2. The molecule has 2 aromatic carbocycles. The number of carboxylic acid groups (broad SMARTS) is 1. The van der Waals surface area contributed by atoms with E-state index < -0.39 is 5.97 Å². The lowest BCUT2D eigenvalue weighted by molar-refractivity contribution is 0.0697. The summed E-state index contributed by atoms with van der Waals surface area (Å²) in [5, 5.41) is 8.93. The Kier molecular flexibility index (Phi) is 4.31. The summed E-state index contributed by atoms with van der Waals surface area (Å²) in [5.41, 5.74) is 4.16. The molecule has 1 heterocycles. The van der Waals surface area contributed by atoms with Crippen molar-refractivity contribution in [3.63, 3.8) is 0 Å². The van der Waals surface area contributed by atoms with Crippen LogP contribution in [0.3, 0.4) is 0 Å². The van der Waals surface area contributed by atoms with Crippen LogP contribution in [0.1, 0.15) is 47.3 Å². The van der Waals surface area contributed by atoms with Crippen molar-refractivity contribution in [2.75, 3.05) is 5.75 Å². The largest absolute Gasteiger partial charge is 0.478 e. The standard InChI is InChI=1S/C20H20O2S/c1-20(2)11-12-23-18-10-7-15(13-17(18)20)4-3-14-5-8-16(9-6-14)19(21)22/h3-10,13H,11-12H2,1-2H3,(H,21,22). The van der Waals surface area contributed by atoms with Crippen molar-refractivity contribution >= 4 is 29.9 Å². The molecule has 0 saturated heterocycles. The van der Waals surface area contributed by atoms with Gasteiger partial charge in [0.1, 0.15) is 0 Å². The first-order chi connectivity index (χ1) is 11.0. The Labute approximate surface area is 141 Å². The molecule has 0 aromatic heterocycles. The Morgan fingerprint density at radius 3 is 2.43 bits per heavy atom. The topological polar surface area (TPSA) is 37.3 Å². The molecule has 3 rings (SSSR count). The Morgan fingerprint density at radius 1 is 1.09 bits per heavy atom. The Morgan fingerprint density at radius 2 is 1.74 bits per heavy atom. The third-order valence-electron chi connectivity index (χ3n) is 4.34. The second kappa shape index (κ2) is 6.25. The molecule has 0 unspecified atom stereocenters. The van der Waals surface area contributed by atoms with E-state index in [0.29, 0.717) is 5.56 Å². The zero-order chi connectivity index (χ0) is 16.4. The van der Waals surface area contributed by atoms with Crippen LogP contribution in [0.15, 0.2) is 47.4 Å². The summed E-state index contributed by atoms with van der Waals surface area (Å²) >= 11 is 1.94. The van der Waals surface area contributed by atoms with Gasteiger partial charge in [-0.3, -0.25) is 0 Å². The van der Waals surface area contributed by atoms with Gasteiger partial charge in [0.2, 0.25) is 0 Å². The number of fused-ring (bicyclic) bond motifs is 1. The third kappa shape index (κ3) is 3.50. The fourth-order valence-corrected chi connectivity index (χ4v) is 4.27. The molecule has 0 saturated carbocycles. The van der Waals surface area contributed by atoms with Crippen molar-refractivity contribution in [2.45, 2.75) is 30.6 Å². The summed E-state index contributed by atoms with van der Waals surface area (Å²) in [5.74, 6) is 0.292. The third-order valence-corrected chi connectivity index (χ3v) is 5.42. The van der Waals surface area contributed by atoms with E-state index in [0.717, 1.165) is 5.56 Å². The number of thioether (sulfide) groups is 1. The number of aromatic carboxylic acids is 1. The molecule has 0 spiro atoms. The molecule has 1 N–H and O–H groups in total. The van der Waals surface area contributed by atoms with Crippen molar-refractivity contribution in [3.8, 4) is 0 Å². The SMILES string of the molecule is CC1(C)CCSc2ccc(C=Cc3ccc(C(=O)O)cc3)cc21. The smallest absolute Gasteiger partial charge is 0.335 e. The normalized spacial score (nSPS) is 16.3. The number of rotatable bonds is 3. The van der Waals surface area contributed by atoms with Crippen LogP contribution < -0.4 is 0 Å². The predicted octanol–water partition coefficient (Wildman–Crippen LogP) is 5.33. The van der Waals surface area contributed by atoms with Gasteiger partial charge in [0.05, 0.1) is 5.56 Å². The summed E-state index contributed by atoms with van der Waals surface area (Å²) in [4.78, 5) is 12.3. The first kappa shape index (κ1) is 15.9. The Bertz CT molecular complexity index is 758. The highest BCUT2D eigenvalue weighted by molar-refractivity contribution is 7.99. The van der Waals surface area contributed by atoms with Crippen molar-refractivity contribution in [1.82, 2.24) is 0 Å². The predicted molar refractivity (Wildman–Crippen MR) is 97.1 cm³/mol. The highest BCUT2D eigenvalue weighted by Crippen LogP contribution is 2.41. The molecule has 0 aliphatic carbocycles. The summed E-state index contributed by atoms with van der Waals surface area (Å²) in [7, 11) is 0. The van der Waals surface area contributed by atoms with Crippen LogP contribution in [0.4, 0.5) is 0 Å². The maximum Gasteiger partial charge on any atom is 0.335 e. The summed E-state index contributed by atoms with van der Waals surface area (Å²) in [6, 6.07) is 13.6. The molecule has 0 radical (unpaired) electrons. The number of hydrogen-bond donors (Lipinski definition) is 1. The van der Waals surface area contributed by atoms with Crippen molar-refractivity contribution in [3.05, 3.63) is 64.7 Å². The molecule has 0 atom stereocenters. The van der Waals surface area contributed by atoms with Crippen LogP contribution in [0, 0.1) is 0 Å².